The second kappa shape index (κ2) is 8.67. The van der Waals surface area contributed by atoms with Crippen LogP contribution in [0, 0.1) is 6.92 Å². The summed E-state index contributed by atoms with van der Waals surface area (Å²) in [6.45, 7) is 2.06. The maximum absolute atomic E-state index is 5.66. The highest BCUT2D eigenvalue weighted by Gasteiger charge is 2.16. The first-order valence-electron chi connectivity index (χ1n) is 9.47. The van der Waals surface area contributed by atoms with E-state index in [0.29, 0.717) is 5.88 Å². The fourth-order valence-electron chi connectivity index (χ4n) is 3.18. The number of hydrogen-bond acceptors (Lipinski definition) is 6. The third kappa shape index (κ3) is 3.93. The zero-order chi connectivity index (χ0) is 21.1. The van der Waals surface area contributed by atoms with Crippen molar-refractivity contribution in [3.05, 3.63) is 65.7 Å². The smallest absolute Gasteiger partial charge is 0.243 e. The molecule has 0 unspecified atom stereocenters. The van der Waals surface area contributed by atoms with E-state index in [1.807, 2.05) is 42.5 Å². The van der Waals surface area contributed by atoms with Crippen LogP contribution in [0.5, 0.6) is 17.4 Å². The molecule has 2 heterocycles. The van der Waals surface area contributed by atoms with Crippen molar-refractivity contribution in [1.82, 2.24) is 14.6 Å². The standard InChI is InChI=1S/C23H23N3O3S/c1-15-5-8-17(9-6-15)22-23(29-4)26-20(24-22)11-12-21(25-26)30-14-16-7-10-18(27-2)19(13-16)28-3/h5-13H,14H2,1-4H3. The number of imidazole rings is 1. The first-order chi connectivity index (χ1) is 14.6. The molecule has 0 aliphatic heterocycles. The molecule has 30 heavy (non-hydrogen) atoms. The van der Waals surface area contributed by atoms with Crippen molar-refractivity contribution in [3.8, 4) is 28.6 Å². The fourth-order valence-corrected chi connectivity index (χ4v) is 3.98. The number of rotatable bonds is 7. The minimum absolute atomic E-state index is 0.627. The average molecular weight is 422 g/mol. The fraction of sp³-hybridized carbons (Fsp3) is 0.217. The Labute approximate surface area is 179 Å². The van der Waals surface area contributed by atoms with Crippen molar-refractivity contribution in [1.29, 1.82) is 0 Å². The van der Waals surface area contributed by atoms with Gasteiger partial charge >= 0.3 is 0 Å². The van der Waals surface area contributed by atoms with Crippen LogP contribution in [-0.2, 0) is 5.75 Å². The molecule has 0 fully saturated rings. The lowest BCUT2D eigenvalue weighted by Crippen LogP contribution is -1.97. The molecule has 0 aliphatic rings. The Morgan fingerprint density at radius 3 is 2.33 bits per heavy atom. The molecule has 7 heteroatoms. The molecular weight excluding hydrogens is 398 g/mol. The van der Waals surface area contributed by atoms with E-state index < -0.39 is 0 Å². The SMILES string of the molecule is COc1ccc(CSc2ccc3nc(-c4ccc(C)cc4)c(OC)n3n2)cc1OC. The number of fused-ring (bicyclic) bond motifs is 1. The van der Waals surface area contributed by atoms with E-state index in [1.54, 1.807) is 37.6 Å². The third-order valence-electron chi connectivity index (χ3n) is 4.76. The van der Waals surface area contributed by atoms with Crippen LogP contribution in [0.4, 0.5) is 0 Å². The van der Waals surface area contributed by atoms with Gasteiger partial charge in [0.1, 0.15) is 10.7 Å². The predicted molar refractivity (Wildman–Crippen MR) is 119 cm³/mol. The highest BCUT2D eigenvalue weighted by atomic mass is 32.2. The van der Waals surface area contributed by atoms with Gasteiger partial charge < -0.3 is 14.2 Å². The maximum Gasteiger partial charge on any atom is 0.243 e. The molecule has 2 aromatic heterocycles. The molecule has 0 N–H and O–H groups in total. The van der Waals surface area contributed by atoms with Gasteiger partial charge in [-0.3, -0.25) is 0 Å². The largest absolute Gasteiger partial charge is 0.493 e. The highest BCUT2D eigenvalue weighted by molar-refractivity contribution is 7.98. The summed E-state index contributed by atoms with van der Waals surface area (Å²) in [6, 6.07) is 18.1. The molecule has 0 spiro atoms. The Bertz CT molecular complexity index is 1170. The molecule has 4 rings (SSSR count). The van der Waals surface area contributed by atoms with Crippen LogP contribution in [0.15, 0.2) is 59.6 Å². The summed E-state index contributed by atoms with van der Waals surface area (Å²) in [5.41, 5.74) is 4.86. The van der Waals surface area contributed by atoms with E-state index in [-0.39, 0.29) is 0 Å². The normalized spacial score (nSPS) is 10.9. The van der Waals surface area contributed by atoms with E-state index in [2.05, 4.69) is 19.1 Å². The zero-order valence-corrected chi connectivity index (χ0v) is 18.2. The maximum atomic E-state index is 5.66. The number of nitrogens with zero attached hydrogens (tertiary/aromatic N) is 3. The summed E-state index contributed by atoms with van der Waals surface area (Å²) in [5, 5.41) is 5.62. The molecule has 4 aromatic rings. The molecule has 0 saturated heterocycles. The van der Waals surface area contributed by atoms with Gasteiger partial charge in [-0.1, -0.05) is 47.7 Å². The molecule has 0 bridgehead atoms. The number of thioether (sulfide) groups is 1. The molecule has 154 valence electrons. The van der Waals surface area contributed by atoms with Crippen molar-refractivity contribution >= 4 is 17.4 Å². The van der Waals surface area contributed by atoms with Crippen molar-refractivity contribution in [2.24, 2.45) is 0 Å². The molecule has 0 radical (unpaired) electrons. The predicted octanol–water partition coefficient (Wildman–Crippen LogP) is 5.02. The quantitative estimate of drug-likeness (QED) is 0.391. The number of benzene rings is 2. The monoisotopic (exact) mass is 421 g/mol. The van der Waals surface area contributed by atoms with Crippen LogP contribution in [0.3, 0.4) is 0 Å². The number of aromatic nitrogens is 3. The summed E-state index contributed by atoms with van der Waals surface area (Å²) >= 11 is 1.64. The summed E-state index contributed by atoms with van der Waals surface area (Å²) in [7, 11) is 4.92. The zero-order valence-electron chi connectivity index (χ0n) is 17.4. The van der Waals surface area contributed by atoms with Gasteiger partial charge in [-0.2, -0.15) is 9.61 Å². The van der Waals surface area contributed by atoms with Gasteiger partial charge in [0.2, 0.25) is 5.88 Å². The lowest BCUT2D eigenvalue weighted by molar-refractivity contribution is 0.354. The Morgan fingerprint density at radius 1 is 0.867 bits per heavy atom. The first-order valence-corrected chi connectivity index (χ1v) is 10.5. The van der Waals surface area contributed by atoms with E-state index >= 15 is 0 Å². The molecule has 0 amide bonds. The lowest BCUT2D eigenvalue weighted by atomic mass is 10.1. The van der Waals surface area contributed by atoms with Crippen LogP contribution in [0.1, 0.15) is 11.1 Å². The Balaban J connectivity index is 1.61. The Hall–Kier alpha value is -3.19. The van der Waals surface area contributed by atoms with Crippen molar-refractivity contribution < 1.29 is 14.2 Å². The van der Waals surface area contributed by atoms with Crippen LogP contribution < -0.4 is 14.2 Å². The molecule has 2 aromatic carbocycles. The molecular formula is C23H23N3O3S. The van der Waals surface area contributed by atoms with Crippen molar-refractivity contribution in [3.63, 3.8) is 0 Å². The Morgan fingerprint density at radius 2 is 1.63 bits per heavy atom. The van der Waals surface area contributed by atoms with Gasteiger partial charge in [0.15, 0.2) is 17.1 Å². The minimum Gasteiger partial charge on any atom is -0.493 e. The van der Waals surface area contributed by atoms with Crippen LogP contribution in [-0.4, -0.2) is 35.9 Å². The number of hydrogen-bond donors (Lipinski definition) is 0. The van der Waals surface area contributed by atoms with Gasteiger partial charge in [-0.05, 0) is 36.8 Å². The highest BCUT2D eigenvalue weighted by Crippen LogP contribution is 2.33. The van der Waals surface area contributed by atoms with Gasteiger partial charge in [-0.25, -0.2) is 4.98 Å². The molecule has 6 nitrogen and oxygen atoms in total. The molecule has 0 saturated carbocycles. The van der Waals surface area contributed by atoms with E-state index in [0.717, 1.165) is 44.7 Å². The average Bonchev–Trinajstić information content (AvgIpc) is 3.15. The topological polar surface area (TPSA) is 57.9 Å². The van der Waals surface area contributed by atoms with Crippen LogP contribution >= 0.6 is 11.8 Å². The lowest BCUT2D eigenvalue weighted by Gasteiger charge is -2.09. The molecule has 0 aliphatic carbocycles. The second-order valence-electron chi connectivity index (χ2n) is 6.76. The summed E-state index contributed by atoms with van der Waals surface area (Å²) in [5.74, 6) is 2.82. The van der Waals surface area contributed by atoms with Gasteiger partial charge in [-0.15, -0.1) is 0 Å². The third-order valence-corrected chi connectivity index (χ3v) is 5.76. The van der Waals surface area contributed by atoms with Crippen LogP contribution in [0.2, 0.25) is 0 Å². The van der Waals surface area contributed by atoms with Gasteiger partial charge in [0.05, 0.1) is 21.3 Å². The summed E-state index contributed by atoms with van der Waals surface area (Å²) < 4.78 is 18.1. The van der Waals surface area contributed by atoms with E-state index in [4.69, 9.17) is 24.3 Å². The number of methoxy groups -OCH3 is 3. The molecule has 0 atom stereocenters. The van der Waals surface area contributed by atoms with Crippen molar-refractivity contribution in [2.45, 2.75) is 17.7 Å². The minimum atomic E-state index is 0.627. The Kier molecular flexibility index (Phi) is 5.81. The van der Waals surface area contributed by atoms with Gasteiger partial charge in [0, 0.05) is 11.3 Å². The summed E-state index contributed by atoms with van der Waals surface area (Å²) in [4.78, 5) is 4.72. The summed E-state index contributed by atoms with van der Waals surface area (Å²) in [6.07, 6.45) is 0. The first kappa shape index (κ1) is 20.1. The number of ether oxygens (including phenoxy) is 3. The van der Waals surface area contributed by atoms with Crippen LogP contribution in [0.25, 0.3) is 16.9 Å². The second-order valence-corrected chi connectivity index (χ2v) is 7.75. The number of aryl methyl sites for hydroxylation is 1. The van der Waals surface area contributed by atoms with E-state index in [1.165, 1.54) is 5.56 Å². The van der Waals surface area contributed by atoms with Gasteiger partial charge in [0.25, 0.3) is 0 Å². The van der Waals surface area contributed by atoms with Crippen molar-refractivity contribution in [2.75, 3.05) is 21.3 Å². The van der Waals surface area contributed by atoms with E-state index in [9.17, 15) is 0 Å².